The topological polar surface area (TPSA) is 135 Å². The molecule has 0 saturated carbocycles. The Kier molecular flexibility index (Phi) is 4.53. The number of carbonyl (C=O) groups excluding carboxylic acids is 1. The average Bonchev–Trinajstić information content (AvgIpc) is 1.99. The number of carboxylic acids is 2. The van der Waals surface area contributed by atoms with Gasteiger partial charge < -0.3 is 25.3 Å². The van der Waals surface area contributed by atoms with Gasteiger partial charge in [0.15, 0.2) is 0 Å². The van der Waals surface area contributed by atoms with Crippen LogP contribution in [0, 0.1) is 0 Å². The molecular weight excluding hydrogens is 198 g/mol. The zero-order valence-corrected chi connectivity index (χ0v) is 6.95. The molecule has 0 aromatic heterocycles. The van der Waals surface area contributed by atoms with Crippen LogP contribution < -0.4 is 0 Å². The van der Waals surface area contributed by atoms with Gasteiger partial charge in [0.25, 0.3) is 5.91 Å². The van der Waals surface area contributed by atoms with E-state index < -0.39 is 37.2 Å². The lowest BCUT2D eigenvalue weighted by atomic mass is 10.4. The monoisotopic (exact) mass is 207 g/mol. The van der Waals surface area contributed by atoms with Gasteiger partial charge in [0, 0.05) is 0 Å². The van der Waals surface area contributed by atoms with Crippen LogP contribution in [0.1, 0.15) is 0 Å². The SMILES string of the molecule is O=C(O)CN(CC(=O)O)C(=O)C(O)O. The van der Waals surface area contributed by atoms with Crippen LogP contribution in [0.4, 0.5) is 0 Å². The van der Waals surface area contributed by atoms with Crippen molar-refractivity contribution in [2.75, 3.05) is 13.1 Å². The maximum Gasteiger partial charge on any atom is 0.323 e. The fourth-order valence-corrected chi connectivity index (χ4v) is 0.702. The predicted octanol–water partition coefficient (Wildman–Crippen LogP) is -2.71. The van der Waals surface area contributed by atoms with E-state index in [9.17, 15) is 14.4 Å². The van der Waals surface area contributed by atoms with E-state index in [1.165, 1.54) is 0 Å². The molecular formula is C6H9NO7. The number of aliphatic hydroxyl groups excluding tert-OH is 1. The Morgan fingerprint density at radius 1 is 1.00 bits per heavy atom. The van der Waals surface area contributed by atoms with Crippen LogP contribution in [0.5, 0.6) is 0 Å². The minimum absolute atomic E-state index is 0.301. The summed E-state index contributed by atoms with van der Waals surface area (Å²) in [5, 5.41) is 33.3. The summed E-state index contributed by atoms with van der Waals surface area (Å²) in [6.07, 6.45) is -2.41. The number of hydrogen-bond donors (Lipinski definition) is 4. The first kappa shape index (κ1) is 12.3. The molecule has 0 spiro atoms. The van der Waals surface area contributed by atoms with Crippen molar-refractivity contribution >= 4 is 17.8 Å². The number of amides is 1. The fraction of sp³-hybridized carbons (Fsp3) is 0.500. The zero-order valence-electron chi connectivity index (χ0n) is 6.95. The Balaban J connectivity index is 4.46. The largest absolute Gasteiger partial charge is 0.480 e. The van der Waals surface area contributed by atoms with Crippen LogP contribution in [-0.2, 0) is 14.4 Å². The molecule has 0 aliphatic heterocycles. The molecule has 1 amide bonds. The Morgan fingerprint density at radius 3 is 1.57 bits per heavy atom. The van der Waals surface area contributed by atoms with E-state index in [1.807, 2.05) is 0 Å². The molecule has 0 saturated heterocycles. The number of hydrogen-bond acceptors (Lipinski definition) is 5. The van der Waals surface area contributed by atoms with E-state index in [0.717, 1.165) is 0 Å². The second-order valence-corrected chi connectivity index (χ2v) is 2.36. The van der Waals surface area contributed by atoms with Crippen LogP contribution in [0.2, 0.25) is 0 Å². The molecule has 8 heteroatoms. The molecule has 8 nitrogen and oxygen atoms in total. The summed E-state index contributed by atoms with van der Waals surface area (Å²) in [5.41, 5.74) is 0. The second-order valence-electron chi connectivity index (χ2n) is 2.36. The second kappa shape index (κ2) is 5.14. The minimum Gasteiger partial charge on any atom is -0.480 e. The Bertz CT molecular complexity index is 233. The van der Waals surface area contributed by atoms with Crippen molar-refractivity contribution in [3.05, 3.63) is 0 Å². The first-order chi connectivity index (χ1) is 6.34. The molecule has 4 N–H and O–H groups in total. The van der Waals surface area contributed by atoms with Gasteiger partial charge in [-0.2, -0.15) is 0 Å². The zero-order chi connectivity index (χ0) is 11.3. The Hall–Kier alpha value is -1.67. The van der Waals surface area contributed by atoms with Gasteiger partial charge in [0.05, 0.1) is 0 Å². The highest BCUT2D eigenvalue weighted by molar-refractivity contribution is 5.86. The summed E-state index contributed by atoms with van der Waals surface area (Å²) in [5.74, 6) is -4.25. The standard InChI is InChI=1S/C6H9NO7/c8-3(9)1-7(2-4(10)11)5(12)6(13)14/h6,13-14H,1-2H2,(H,8,9)(H,10,11). The number of rotatable bonds is 5. The van der Waals surface area contributed by atoms with E-state index in [0.29, 0.717) is 4.90 Å². The molecule has 0 aliphatic rings. The highest BCUT2D eigenvalue weighted by Crippen LogP contribution is 1.93. The average molecular weight is 207 g/mol. The molecule has 0 radical (unpaired) electrons. The molecule has 80 valence electrons. The summed E-state index contributed by atoms with van der Waals surface area (Å²) >= 11 is 0. The molecule has 0 atom stereocenters. The molecule has 0 aliphatic carbocycles. The number of aliphatic hydroxyl groups is 2. The van der Waals surface area contributed by atoms with Crippen molar-refractivity contribution in [1.82, 2.24) is 4.90 Å². The minimum atomic E-state index is -2.41. The fourth-order valence-electron chi connectivity index (χ4n) is 0.702. The van der Waals surface area contributed by atoms with Crippen molar-refractivity contribution in [2.45, 2.75) is 6.29 Å². The van der Waals surface area contributed by atoms with Gasteiger partial charge in [0.1, 0.15) is 13.1 Å². The first-order valence-corrected chi connectivity index (χ1v) is 3.43. The highest BCUT2D eigenvalue weighted by Gasteiger charge is 2.24. The summed E-state index contributed by atoms with van der Waals surface area (Å²) in [6, 6.07) is 0. The number of aliphatic carboxylic acids is 2. The third kappa shape index (κ3) is 4.38. The van der Waals surface area contributed by atoms with Gasteiger partial charge in [-0.15, -0.1) is 0 Å². The molecule has 0 aromatic carbocycles. The Morgan fingerprint density at radius 2 is 1.36 bits per heavy atom. The Labute approximate surface area is 78.0 Å². The van der Waals surface area contributed by atoms with Gasteiger partial charge in [-0.05, 0) is 0 Å². The van der Waals surface area contributed by atoms with E-state index in [1.54, 1.807) is 0 Å². The van der Waals surface area contributed by atoms with Crippen LogP contribution >= 0.6 is 0 Å². The van der Waals surface area contributed by atoms with Crippen LogP contribution in [0.3, 0.4) is 0 Å². The van der Waals surface area contributed by atoms with Crippen molar-refractivity contribution in [3.8, 4) is 0 Å². The number of carboxylic acid groups (broad SMARTS) is 2. The molecule has 0 rings (SSSR count). The summed E-state index contributed by atoms with van der Waals surface area (Å²) in [7, 11) is 0. The van der Waals surface area contributed by atoms with Crippen molar-refractivity contribution < 1.29 is 34.8 Å². The number of nitrogens with zero attached hydrogens (tertiary/aromatic N) is 1. The lowest BCUT2D eigenvalue weighted by Crippen LogP contribution is -2.44. The van der Waals surface area contributed by atoms with Crippen molar-refractivity contribution in [2.24, 2.45) is 0 Å². The van der Waals surface area contributed by atoms with Gasteiger partial charge in [-0.25, -0.2) is 0 Å². The molecule has 14 heavy (non-hydrogen) atoms. The van der Waals surface area contributed by atoms with Crippen LogP contribution in [0.25, 0.3) is 0 Å². The van der Waals surface area contributed by atoms with E-state index in [-0.39, 0.29) is 0 Å². The smallest absolute Gasteiger partial charge is 0.323 e. The summed E-state index contributed by atoms with van der Waals surface area (Å²) in [6.45, 7) is -1.80. The molecule has 0 bridgehead atoms. The predicted molar refractivity (Wildman–Crippen MR) is 40.1 cm³/mol. The molecule has 0 aromatic rings. The van der Waals surface area contributed by atoms with Gasteiger partial charge in [-0.1, -0.05) is 0 Å². The van der Waals surface area contributed by atoms with E-state index in [4.69, 9.17) is 20.4 Å². The summed E-state index contributed by atoms with van der Waals surface area (Å²) < 4.78 is 0. The lowest BCUT2D eigenvalue weighted by molar-refractivity contribution is -0.165. The normalized spacial score (nSPS) is 9.93. The third-order valence-corrected chi connectivity index (χ3v) is 1.18. The van der Waals surface area contributed by atoms with E-state index in [2.05, 4.69) is 0 Å². The van der Waals surface area contributed by atoms with Gasteiger partial charge >= 0.3 is 11.9 Å². The van der Waals surface area contributed by atoms with E-state index >= 15 is 0 Å². The van der Waals surface area contributed by atoms with Crippen molar-refractivity contribution in [3.63, 3.8) is 0 Å². The van der Waals surface area contributed by atoms with Crippen LogP contribution in [0.15, 0.2) is 0 Å². The highest BCUT2D eigenvalue weighted by atomic mass is 16.5. The summed E-state index contributed by atoms with van der Waals surface area (Å²) in [4.78, 5) is 31.5. The maximum absolute atomic E-state index is 10.8. The maximum atomic E-state index is 10.8. The number of carbonyl (C=O) groups is 3. The molecule has 0 fully saturated rings. The van der Waals surface area contributed by atoms with Gasteiger partial charge in [-0.3, -0.25) is 14.4 Å². The third-order valence-electron chi connectivity index (χ3n) is 1.18. The molecule has 0 heterocycles. The first-order valence-electron chi connectivity index (χ1n) is 3.43. The van der Waals surface area contributed by atoms with Crippen LogP contribution in [-0.4, -0.2) is 62.6 Å². The van der Waals surface area contributed by atoms with Gasteiger partial charge in [0.2, 0.25) is 6.29 Å². The molecule has 0 unspecified atom stereocenters. The quantitative estimate of drug-likeness (QED) is 0.360. The van der Waals surface area contributed by atoms with Crippen molar-refractivity contribution in [1.29, 1.82) is 0 Å². The lowest BCUT2D eigenvalue weighted by Gasteiger charge is -2.18.